The molecule has 0 bridgehead atoms. The quantitative estimate of drug-likeness (QED) is 0.264. The van der Waals surface area contributed by atoms with Crippen LogP contribution in [-0.2, 0) is 4.75 Å². The first-order chi connectivity index (χ1) is 13.1. The zero-order valence-electron chi connectivity index (χ0n) is 16.1. The molecule has 5 heteroatoms. The van der Waals surface area contributed by atoms with E-state index in [-0.39, 0.29) is 0 Å². The molecule has 0 fully saturated rings. The summed E-state index contributed by atoms with van der Waals surface area (Å²) in [6.07, 6.45) is 3.65. The molecule has 0 heterocycles. The van der Waals surface area contributed by atoms with Crippen molar-refractivity contribution in [2.24, 2.45) is 0 Å². The number of nitrogens with zero attached hydrogens (tertiary/aromatic N) is 1. The van der Waals surface area contributed by atoms with Gasteiger partial charge >= 0.3 is 0 Å². The van der Waals surface area contributed by atoms with Crippen LogP contribution in [0.2, 0.25) is 0 Å². The normalized spacial score (nSPS) is 12.9. The minimum absolute atomic E-state index is 0.639. The van der Waals surface area contributed by atoms with E-state index < -0.39 is 4.75 Å². The van der Waals surface area contributed by atoms with Gasteiger partial charge in [-0.05, 0) is 49.6 Å². The summed E-state index contributed by atoms with van der Waals surface area (Å²) in [4.78, 5) is 1.08. The lowest BCUT2D eigenvalue weighted by molar-refractivity contribution is 0.354. The van der Waals surface area contributed by atoms with E-state index in [1.54, 1.807) is 26.0 Å². The van der Waals surface area contributed by atoms with Crippen LogP contribution in [0.5, 0.6) is 11.5 Å². The van der Waals surface area contributed by atoms with Gasteiger partial charge in [-0.25, -0.2) is 0 Å². The van der Waals surface area contributed by atoms with E-state index in [1.807, 2.05) is 18.2 Å². The summed E-state index contributed by atoms with van der Waals surface area (Å²) < 4.78 is 10.1. The molecule has 2 aromatic rings. The van der Waals surface area contributed by atoms with Gasteiger partial charge < -0.3 is 9.47 Å². The molecule has 0 saturated carbocycles. The Labute approximate surface area is 171 Å². The number of methoxy groups -OCH3 is 2. The third kappa shape index (κ3) is 5.57. The van der Waals surface area contributed by atoms with Crippen LogP contribution in [0, 0.1) is 18.3 Å². The van der Waals surface area contributed by atoms with Gasteiger partial charge in [-0.3, -0.25) is 0 Å². The Balaban J connectivity index is 2.40. The van der Waals surface area contributed by atoms with Crippen LogP contribution in [0.3, 0.4) is 0 Å². The maximum Gasteiger partial charge on any atom is 0.161 e. The molecule has 0 aliphatic carbocycles. The van der Waals surface area contributed by atoms with Gasteiger partial charge in [0.2, 0.25) is 0 Å². The van der Waals surface area contributed by atoms with Gasteiger partial charge in [0.15, 0.2) is 11.5 Å². The second-order valence-corrected chi connectivity index (χ2v) is 8.17. The number of halogens is 1. The number of ether oxygens (including phenoxy) is 2. The van der Waals surface area contributed by atoms with E-state index in [0.29, 0.717) is 17.4 Å². The van der Waals surface area contributed by atoms with Crippen LogP contribution in [0.25, 0.3) is 0 Å². The Morgan fingerprint density at radius 1 is 1.00 bits per heavy atom. The van der Waals surface area contributed by atoms with Crippen molar-refractivity contribution in [3.63, 3.8) is 0 Å². The lowest BCUT2D eigenvalue weighted by Crippen LogP contribution is -2.20. The highest BCUT2D eigenvalue weighted by Gasteiger charge is 2.34. The van der Waals surface area contributed by atoms with Crippen LogP contribution in [-0.4, -0.2) is 20.1 Å². The van der Waals surface area contributed by atoms with Crippen molar-refractivity contribution in [2.75, 3.05) is 20.1 Å². The van der Waals surface area contributed by atoms with Gasteiger partial charge in [0.1, 0.15) is 4.75 Å². The van der Waals surface area contributed by atoms with Crippen LogP contribution in [0.4, 0.5) is 0 Å². The fourth-order valence-electron chi connectivity index (χ4n) is 2.94. The number of thioether (sulfide) groups is 1. The number of hydrogen-bond donors (Lipinski definition) is 0. The first-order valence-corrected chi connectivity index (χ1v) is 10.4. The Hall–Kier alpha value is -1.83. The van der Waals surface area contributed by atoms with Crippen molar-refractivity contribution in [2.45, 2.75) is 42.2 Å². The van der Waals surface area contributed by atoms with E-state index in [9.17, 15) is 5.26 Å². The molecule has 2 aromatic carbocycles. The fourth-order valence-corrected chi connectivity index (χ4v) is 4.34. The van der Waals surface area contributed by atoms with Crippen molar-refractivity contribution < 1.29 is 9.47 Å². The van der Waals surface area contributed by atoms with Gasteiger partial charge in [-0.1, -0.05) is 48.4 Å². The highest BCUT2D eigenvalue weighted by Crippen LogP contribution is 2.47. The Kier molecular flexibility index (Phi) is 8.34. The van der Waals surface area contributed by atoms with Crippen molar-refractivity contribution in [1.82, 2.24) is 0 Å². The zero-order chi connectivity index (χ0) is 19.7. The van der Waals surface area contributed by atoms with Crippen LogP contribution in [0.1, 0.15) is 36.8 Å². The molecule has 144 valence electrons. The molecule has 1 unspecified atom stereocenters. The predicted molar refractivity (Wildman–Crippen MR) is 113 cm³/mol. The summed E-state index contributed by atoms with van der Waals surface area (Å²) in [7, 11) is 3.23. The molecule has 1 atom stereocenters. The topological polar surface area (TPSA) is 42.2 Å². The van der Waals surface area contributed by atoms with Gasteiger partial charge in [-0.2, -0.15) is 5.26 Å². The number of rotatable bonds is 10. The summed E-state index contributed by atoms with van der Waals surface area (Å²) in [5, 5.41) is 10.2. The lowest BCUT2D eigenvalue weighted by Gasteiger charge is -2.27. The molecule has 0 saturated heterocycles. The van der Waals surface area contributed by atoms with E-state index in [1.165, 1.54) is 5.56 Å². The second-order valence-electron chi connectivity index (χ2n) is 6.42. The second kappa shape index (κ2) is 10.5. The molecule has 0 aliphatic heterocycles. The third-order valence-electron chi connectivity index (χ3n) is 4.51. The Bertz CT molecular complexity index is 773. The van der Waals surface area contributed by atoms with Gasteiger partial charge in [0.25, 0.3) is 0 Å². The highest BCUT2D eigenvalue weighted by atomic mass is 35.5. The Morgan fingerprint density at radius 3 is 2.30 bits per heavy atom. The molecule has 0 radical (unpaired) electrons. The van der Waals surface area contributed by atoms with Crippen LogP contribution >= 0.6 is 23.4 Å². The summed E-state index contributed by atoms with van der Waals surface area (Å²) in [6, 6.07) is 16.7. The van der Waals surface area contributed by atoms with E-state index in [0.717, 1.165) is 36.1 Å². The molecule has 0 amide bonds. The lowest BCUT2D eigenvalue weighted by atomic mass is 9.93. The molecule has 2 rings (SSSR count). The summed E-state index contributed by atoms with van der Waals surface area (Å²) in [5.41, 5.74) is 2.13. The zero-order valence-corrected chi connectivity index (χ0v) is 17.7. The van der Waals surface area contributed by atoms with E-state index in [4.69, 9.17) is 21.1 Å². The molecular formula is C22H26ClNO2S. The average molecular weight is 404 g/mol. The van der Waals surface area contributed by atoms with Crippen molar-refractivity contribution in [3.8, 4) is 17.6 Å². The molecular weight excluding hydrogens is 378 g/mol. The molecule has 27 heavy (non-hydrogen) atoms. The number of benzene rings is 2. The number of hydrogen-bond acceptors (Lipinski definition) is 4. The molecule has 0 aromatic heterocycles. The number of unbranched alkanes of at least 4 members (excludes halogenated alkanes) is 2. The largest absolute Gasteiger partial charge is 0.493 e. The standard InChI is InChI=1S/C22H26ClNO2S/c1-17-7-10-19(11-8-17)27-22(16-24,13-5-4-6-14-23)18-9-12-20(25-2)21(15-18)26-3/h7-12,15H,4-6,13-14H2,1-3H3. The molecule has 0 spiro atoms. The van der Waals surface area contributed by atoms with Crippen LogP contribution in [0.15, 0.2) is 47.4 Å². The summed E-state index contributed by atoms with van der Waals surface area (Å²) in [5.74, 6) is 1.96. The van der Waals surface area contributed by atoms with E-state index >= 15 is 0 Å². The number of alkyl halides is 1. The first-order valence-electron chi connectivity index (χ1n) is 9.04. The monoisotopic (exact) mass is 403 g/mol. The highest BCUT2D eigenvalue weighted by molar-refractivity contribution is 8.00. The van der Waals surface area contributed by atoms with Gasteiger partial charge in [0.05, 0.1) is 20.3 Å². The maximum atomic E-state index is 10.2. The fraction of sp³-hybridized carbons (Fsp3) is 0.409. The summed E-state index contributed by atoms with van der Waals surface area (Å²) in [6.45, 7) is 2.06. The van der Waals surface area contributed by atoms with Crippen molar-refractivity contribution >= 4 is 23.4 Å². The average Bonchev–Trinajstić information content (AvgIpc) is 2.71. The molecule has 0 aliphatic rings. The van der Waals surface area contributed by atoms with Gasteiger partial charge in [0, 0.05) is 10.8 Å². The number of aryl methyl sites for hydroxylation is 1. The molecule has 0 N–H and O–H groups in total. The third-order valence-corrected chi connectivity index (χ3v) is 6.16. The van der Waals surface area contributed by atoms with Crippen molar-refractivity contribution in [3.05, 3.63) is 53.6 Å². The van der Waals surface area contributed by atoms with Crippen LogP contribution < -0.4 is 9.47 Å². The minimum Gasteiger partial charge on any atom is -0.493 e. The smallest absolute Gasteiger partial charge is 0.161 e. The Morgan fingerprint density at radius 2 is 1.70 bits per heavy atom. The van der Waals surface area contributed by atoms with E-state index in [2.05, 4.69) is 37.3 Å². The minimum atomic E-state index is -0.693. The first kappa shape index (κ1) is 21.5. The van der Waals surface area contributed by atoms with Gasteiger partial charge in [-0.15, -0.1) is 11.6 Å². The molecule has 3 nitrogen and oxygen atoms in total. The maximum absolute atomic E-state index is 10.2. The summed E-state index contributed by atoms with van der Waals surface area (Å²) >= 11 is 7.42. The number of nitriles is 1. The predicted octanol–water partition coefficient (Wildman–Crippen LogP) is 6.32. The SMILES string of the molecule is COc1ccc(C(C#N)(CCCCCCl)Sc2ccc(C)cc2)cc1OC. The van der Waals surface area contributed by atoms with Crippen molar-refractivity contribution in [1.29, 1.82) is 5.26 Å².